The van der Waals surface area contributed by atoms with E-state index in [4.69, 9.17) is 0 Å². The summed E-state index contributed by atoms with van der Waals surface area (Å²) in [5.41, 5.74) is 0.935. The zero-order valence-electron chi connectivity index (χ0n) is 6.50. The normalized spacial score (nSPS) is 8.33. The molecule has 1 aromatic carbocycles. The maximum absolute atomic E-state index is 4.13. The molecule has 1 heterocycles. The number of hydrogen-bond acceptors (Lipinski definition) is 1. The topological polar surface area (TPSA) is 12.9 Å². The van der Waals surface area contributed by atoms with Gasteiger partial charge in [0.2, 0.25) is 0 Å². The van der Waals surface area contributed by atoms with E-state index in [0.29, 0.717) is 0 Å². The fourth-order valence-electron chi connectivity index (χ4n) is 0.952. The molecule has 0 N–H and O–H groups in total. The number of hydrogen-bond donors (Lipinski definition) is 0. The van der Waals surface area contributed by atoms with Crippen molar-refractivity contribution in [3.05, 3.63) is 42.6 Å². The summed E-state index contributed by atoms with van der Waals surface area (Å²) in [6, 6.07) is 12.9. The Hall–Kier alpha value is -0.124. The fourth-order valence-corrected chi connectivity index (χ4v) is 0.952. The van der Waals surface area contributed by atoms with Crippen LogP contribution in [0.5, 0.6) is 0 Å². The van der Waals surface area contributed by atoms with Gasteiger partial charge >= 0.3 is 23.1 Å². The summed E-state index contributed by atoms with van der Waals surface area (Å²) in [7, 11) is 0. The van der Waals surface area contributed by atoms with E-state index in [2.05, 4.69) is 11.1 Å². The average Bonchev–Trinajstić information content (AvgIpc) is 2.05. The average molecular weight is 232 g/mol. The van der Waals surface area contributed by atoms with Gasteiger partial charge < -0.3 is 17.0 Å². The van der Waals surface area contributed by atoms with Gasteiger partial charge in [-0.1, -0.05) is 6.07 Å². The fraction of sp³-hybridized carbons (Fsp3) is 0. The molecule has 0 aliphatic carbocycles. The minimum atomic E-state index is 0. The van der Waals surface area contributed by atoms with Gasteiger partial charge in [0.05, 0.1) is 0 Å². The van der Waals surface area contributed by atoms with Crippen LogP contribution in [-0.4, -0.2) is 28.0 Å². The minimum absolute atomic E-state index is 0. The van der Waals surface area contributed by atoms with Crippen molar-refractivity contribution in [1.29, 1.82) is 0 Å². The molecule has 1 aromatic heterocycles. The Bertz CT molecular complexity index is 286. The molecule has 0 bridgehead atoms. The van der Waals surface area contributed by atoms with E-state index in [1.165, 1.54) is 0 Å². The number of halogens is 1. The SMILES string of the molecule is [Br-].[Mg+2].[c-]1cccc2cccnc12. The molecule has 3 heteroatoms. The number of nitrogens with zero attached hydrogens (tertiary/aromatic N) is 1. The van der Waals surface area contributed by atoms with E-state index in [1.807, 2.05) is 30.3 Å². The molecule has 0 spiro atoms. The maximum Gasteiger partial charge on any atom is 2.00 e. The Morgan fingerprint density at radius 2 is 1.92 bits per heavy atom. The molecule has 0 aliphatic rings. The molecule has 12 heavy (non-hydrogen) atoms. The summed E-state index contributed by atoms with van der Waals surface area (Å²) in [6.07, 6.45) is 1.78. The molecule has 0 saturated heterocycles. The molecular formula is C9H6BrMgN. The van der Waals surface area contributed by atoms with Crippen molar-refractivity contribution in [1.82, 2.24) is 4.98 Å². The Kier molecular flexibility index (Phi) is 5.45. The van der Waals surface area contributed by atoms with Crippen molar-refractivity contribution < 1.29 is 17.0 Å². The molecule has 0 fully saturated rings. The second kappa shape index (κ2) is 5.51. The monoisotopic (exact) mass is 231 g/mol. The molecule has 0 aliphatic heterocycles. The number of para-hydroxylation sites is 1. The number of benzene rings is 1. The Morgan fingerprint density at radius 1 is 1.17 bits per heavy atom. The largest absolute Gasteiger partial charge is 2.00 e. The second-order valence-electron chi connectivity index (χ2n) is 2.11. The van der Waals surface area contributed by atoms with Crippen LogP contribution in [0.4, 0.5) is 0 Å². The zero-order valence-corrected chi connectivity index (χ0v) is 9.50. The van der Waals surface area contributed by atoms with Crippen molar-refractivity contribution in [3.8, 4) is 0 Å². The Labute approximate surface area is 98.1 Å². The van der Waals surface area contributed by atoms with Crippen LogP contribution in [0, 0.1) is 6.07 Å². The molecule has 1 nitrogen and oxygen atoms in total. The van der Waals surface area contributed by atoms with Gasteiger partial charge in [0.15, 0.2) is 0 Å². The molecule has 56 valence electrons. The molecule has 2 rings (SSSR count). The smallest absolute Gasteiger partial charge is 1.00 e. The van der Waals surface area contributed by atoms with Gasteiger partial charge in [-0.3, -0.25) is 4.98 Å². The molecule has 0 saturated carbocycles. The van der Waals surface area contributed by atoms with Gasteiger partial charge in [-0.15, -0.1) is 11.5 Å². The van der Waals surface area contributed by atoms with Gasteiger partial charge in [-0.2, -0.15) is 24.3 Å². The van der Waals surface area contributed by atoms with Crippen LogP contribution in [-0.2, 0) is 0 Å². The van der Waals surface area contributed by atoms with E-state index in [1.54, 1.807) is 6.20 Å². The first-order valence-corrected chi connectivity index (χ1v) is 3.18. The van der Waals surface area contributed by atoms with Crippen LogP contribution in [0.15, 0.2) is 36.5 Å². The summed E-state index contributed by atoms with van der Waals surface area (Å²) < 4.78 is 0. The number of pyridine rings is 1. The van der Waals surface area contributed by atoms with E-state index >= 15 is 0 Å². The van der Waals surface area contributed by atoms with Gasteiger partial charge in [0.1, 0.15) is 0 Å². The molecular weight excluding hydrogens is 226 g/mol. The predicted molar refractivity (Wildman–Crippen MR) is 46.3 cm³/mol. The number of fused-ring (bicyclic) bond motifs is 1. The van der Waals surface area contributed by atoms with Crippen LogP contribution in [0.25, 0.3) is 10.9 Å². The third-order valence-corrected chi connectivity index (χ3v) is 1.43. The van der Waals surface area contributed by atoms with Crippen molar-refractivity contribution in [2.75, 3.05) is 0 Å². The summed E-state index contributed by atoms with van der Waals surface area (Å²) >= 11 is 0. The Morgan fingerprint density at radius 3 is 2.67 bits per heavy atom. The van der Waals surface area contributed by atoms with Crippen LogP contribution in [0.1, 0.15) is 0 Å². The van der Waals surface area contributed by atoms with Gasteiger partial charge in [0, 0.05) is 6.20 Å². The van der Waals surface area contributed by atoms with E-state index < -0.39 is 0 Å². The van der Waals surface area contributed by atoms with E-state index in [9.17, 15) is 0 Å². The van der Waals surface area contributed by atoms with Crippen molar-refractivity contribution >= 4 is 34.0 Å². The molecule has 0 radical (unpaired) electrons. The molecule has 2 aromatic rings. The quantitative estimate of drug-likeness (QED) is 0.405. The van der Waals surface area contributed by atoms with Crippen molar-refractivity contribution in [3.63, 3.8) is 0 Å². The van der Waals surface area contributed by atoms with Gasteiger partial charge in [-0.05, 0) is 5.52 Å². The summed E-state index contributed by atoms with van der Waals surface area (Å²) in [6.45, 7) is 0. The van der Waals surface area contributed by atoms with Crippen LogP contribution < -0.4 is 17.0 Å². The predicted octanol–water partition coefficient (Wildman–Crippen LogP) is -1.34. The standard InChI is InChI=1S/C9H6N.BrH.Mg/c1-2-6-9-8(4-1)5-3-7-10-9;;/h1-5,7H;1H;/q-1;;+2/p-1. The third kappa shape index (κ3) is 2.43. The summed E-state index contributed by atoms with van der Waals surface area (Å²) in [4.78, 5) is 4.13. The molecule has 0 amide bonds. The van der Waals surface area contributed by atoms with E-state index in [-0.39, 0.29) is 40.0 Å². The first-order chi connectivity index (χ1) is 4.97. The van der Waals surface area contributed by atoms with Gasteiger partial charge in [-0.25, -0.2) is 0 Å². The van der Waals surface area contributed by atoms with E-state index in [0.717, 1.165) is 10.9 Å². The first kappa shape index (κ1) is 11.9. The number of rotatable bonds is 0. The Balaban J connectivity index is 0.000000605. The maximum atomic E-state index is 4.13. The first-order valence-electron chi connectivity index (χ1n) is 3.18. The second-order valence-corrected chi connectivity index (χ2v) is 2.11. The molecule has 0 unspecified atom stereocenters. The van der Waals surface area contributed by atoms with Crippen LogP contribution in [0.2, 0.25) is 0 Å². The van der Waals surface area contributed by atoms with Gasteiger partial charge in [0.25, 0.3) is 0 Å². The van der Waals surface area contributed by atoms with Crippen LogP contribution >= 0.6 is 0 Å². The minimum Gasteiger partial charge on any atom is -1.00 e. The summed E-state index contributed by atoms with van der Waals surface area (Å²) in [5, 5.41) is 1.14. The zero-order chi connectivity index (χ0) is 6.81. The summed E-state index contributed by atoms with van der Waals surface area (Å²) in [5.74, 6) is 0. The van der Waals surface area contributed by atoms with Crippen molar-refractivity contribution in [2.24, 2.45) is 0 Å². The number of aromatic nitrogens is 1. The molecule has 0 atom stereocenters. The van der Waals surface area contributed by atoms with Crippen LogP contribution in [0.3, 0.4) is 0 Å². The van der Waals surface area contributed by atoms with Crippen molar-refractivity contribution in [2.45, 2.75) is 0 Å². The third-order valence-electron chi connectivity index (χ3n) is 1.43.